The number of amides is 2. The molecule has 2 rings (SSSR count). The van der Waals surface area contributed by atoms with Gasteiger partial charge in [-0.2, -0.15) is 0 Å². The summed E-state index contributed by atoms with van der Waals surface area (Å²) in [6.07, 6.45) is 2.10. The van der Waals surface area contributed by atoms with Gasteiger partial charge in [0.2, 0.25) is 0 Å². The van der Waals surface area contributed by atoms with E-state index < -0.39 is 5.91 Å². The van der Waals surface area contributed by atoms with Gasteiger partial charge >= 0.3 is 0 Å². The van der Waals surface area contributed by atoms with Crippen molar-refractivity contribution >= 4 is 23.2 Å². The smallest absolute Gasteiger partial charge is 0.264 e. The summed E-state index contributed by atoms with van der Waals surface area (Å²) >= 11 is 1.15. The van der Waals surface area contributed by atoms with Crippen LogP contribution < -0.4 is 11.5 Å². The van der Waals surface area contributed by atoms with Crippen LogP contribution in [0, 0.1) is 5.92 Å². The summed E-state index contributed by atoms with van der Waals surface area (Å²) in [4.78, 5) is 26.4. The Kier molecular flexibility index (Phi) is 4.21. The molecule has 1 saturated heterocycles. The number of nitrogens with two attached hydrogens (primary N) is 2. The van der Waals surface area contributed by atoms with Crippen LogP contribution in [0.4, 0.5) is 0 Å². The Morgan fingerprint density at radius 1 is 1.42 bits per heavy atom. The van der Waals surface area contributed by atoms with Crippen molar-refractivity contribution in [1.82, 2.24) is 4.90 Å². The topological polar surface area (TPSA) is 89.4 Å². The third-order valence-electron chi connectivity index (χ3n) is 3.68. The van der Waals surface area contributed by atoms with Crippen molar-refractivity contribution in [3.05, 3.63) is 21.9 Å². The summed E-state index contributed by atoms with van der Waals surface area (Å²) in [6.45, 7) is 3.33. The summed E-state index contributed by atoms with van der Waals surface area (Å²) in [6, 6.07) is 3.35. The molecule has 1 aromatic heterocycles. The quantitative estimate of drug-likeness (QED) is 0.867. The fourth-order valence-corrected chi connectivity index (χ4v) is 3.40. The summed E-state index contributed by atoms with van der Waals surface area (Å²) < 4.78 is 0. The van der Waals surface area contributed by atoms with Crippen molar-refractivity contribution in [1.29, 1.82) is 0 Å². The van der Waals surface area contributed by atoms with Crippen LogP contribution in [0.2, 0.25) is 0 Å². The third kappa shape index (κ3) is 2.79. The minimum atomic E-state index is -0.494. The van der Waals surface area contributed by atoms with E-state index in [0.29, 0.717) is 22.2 Å². The lowest BCUT2D eigenvalue weighted by Gasteiger charge is -2.39. The maximum Gasteiger partial charge on any atom is 0.264 e. The predicted molar refractivity (Wildman–Crippen MR) is 75.1 cm³/mol. The molecule has 0 spiro atoms. The fraction of sp³-hybridized carbons (Fsp3) is 0.538. The van der Waals surface area contributed by atoms with Gasteiger partial charge in [0, 0.05) is 19.1 Å². The van der Waals surface area contributed by atoms with Gasteiger partial charge in [0.15, 0.2) is 0 Å². The van der Waals surface area contributed by atoms with E-state index in [1.807, 2.05) is 4.90 Å². The second kappa shape index (κ2) is 5.71. The third-order valence-corrected chi connectivity index (χ3v) is 4.77. The lowest BCUT2D eigenvalue weighted by atomic mass is 9.90. The maximum atomic E-state index is 12.5. The standard InChI is InChI=1S/C13H19N3O2S/c1-8-3-2-6-16(9(8)7-14)13(18)11-5-4-10(19-11)12(15)17/h4-5,8-9H,2-3,6-7,14H2,1H3,(H2,15,17)/t8-,9-/m1/s1. The van der Waals surface area contributed by atoms with E-state index in [2.05, 4.69) is 6.92 Å². The summed E-state index contributed by atoms with van der Waals surface area (Å²) in [5, 5.41) is 0. The molecule has 1 aliphatic rings. The van der Waals surface area contributed by atoms with Gasteiger partial charge in [-0.25, -0.2) is 0 Å². The molecule has 5 nitrogen and oxygen atoms in total. The van der Waals surface area contributed by atoms with Crippen LogP contribution in [0.15, 0.2) is 12.1 Å². The highest BCUT2D eigenvalue weighted by molar-refractivity contribution is 7.15. The molecule has 2 amide bonds. The number of rotatable bonds is 3. The van der Waals surface area contributed by atoms with Gasteiger partial charge in [0.25, 0.3) is 11.8 Å². The van der Waals surface area contributed by atoms with Crippen LogP contribution in [0.1, 0.15) is 39.1 Å². The van der Waals surface area contributed by atoms with Crippen LogP contribution in [0.25, 0.3) is 0 Å². The van der Waals surface area contributed by atoms with E-state index in [4.69, 9.17) is 11.5 Å². The Balaban J connectivity index is 2.19. The molecule has 0 aliphatic carbocycles. The number of primary amides is 1. The summed E-state index contributed by atoms with van der Waals surface area (Å²) in [7, 11) is 0. The van der Waals surface area contributed by atoms with E-state index in [1.54, 1.807) is 12.1 Å². The first-order chi connectivity index (χ1) is 9.04. The minimum Gasteiger partial charge on any atom is -0.365 e. The predicted octanol–water partition coefficient (Wildman–Crippen LogP) is 1.05. The molecule has 19 heavy (non-hydrogen) atoms. The van der Waals surface area contributed by atoms with Crippen molar-refractivity contribution < 1.29 is 9.59 Å². The molecule has 1 aliphatic heterocycles. The highest BCUT2D eigenvalue weighted by Crippen LogP contribution is 2.26. The lowest BCUT2D eigenvalue weighted by Crippen LogP contribution is -2.51. The van der Waals surface area contributed by atoms with E-state index >= 15 is 0 Å². The van der Waals surface area contributed by atoms with E-state index in [1.165, 1.54) is 0 Å². The minimum absolute atomic E-state index is 0.0421. The zero-order valence-electron chi connectivity index (χ0n) is 11.0. The maximum absolute atomic E-state index is 12.5. The molecule has 0 unspecified atom stereocenters. The largest absolute Gasteiger partial charge is 0.365 e. The average Bonchev–Trinajstić information content (AvgIpc) is 2.87. The van der Waals surface area contributed by atoms with Crippen LogP contribution in [0.5, 0.6) is 0 Å². The summed E-state index contributed by atoms with van der Waals surface area (Å²) in [5.74, 6) is -0.121. The molecule has 6 heteroatoms. The van der Waals surface area contributed by atoms with Crippen LogP contribution >= 0.6 is 11.3 Å². The van der Waals surface area contributed by atoms with Gasteiger partial charge in [-0.3, -0.25) is 9.59 Å². The molecule has 0 radical (unpaired) electrons. The number of thiophene rings is 1. The molecule has 104 valence electrons. The SMILES string of the molecule is C[C@@H]1CCCN(C(=O)c2ccc(C(N)=O)s2)[C@@H]1CN. The molecule has 0 aromatic carbocycles. The van der Waals surface area contributed by atoms with Crippen LogP contribution in [0.3, 0.4) is 0 Å². The fourth-order valence-electron chi connectivity index (χ4n) is 2.59. The first-order valence-electron chi connectivity index (χ1n) is 6.45. The summed E-state index contributed by atoms with van der Waals surface area (Å²) in [5.41, 5.74) is 11.0. The zero-order chi connectivity index (χ0) is 14.0. The van der Waals surface area contributed by atoms with Gasteiger partial charge < -0.3 is 16.4 Å². The van der Waals surface area contributed by atoms with Crippen molar-refractivity contribution in [3.63, 3.8) is 0 Å². The molecule has 1 fully saturated rings. The van der Waals surface area contributed by atoms with E-state index in [-0.39, 0.29) is 11.9 Å². The number of nitrogens with zero attached hydrogens (tertiary/aromatic N) is 1. The molecule has 1 aromatic rings. The molecule has 0 saturated carbocycles. The van der Waals surface area contributed by atoms with E-state index in [0.717, 1.165) is 30.7 Å². The van der Waals surface area contributed by atoms with Crippen LogP contribution in [-0.2, 0) is 0 Å². The Bertz CT molecular complexity index is 486. The highest BCUT2D eigenvalue weighted by atomic mass is 32.1. The Morgan fingerprint density at radius 3 is 2.68 bits per heavy atom. The number of hydrogen-bond donors (Lipinski definition) is 2. The van der Waals surface area contributed by atoms with Gasteiger partial charge in [-0.05, 0) is 30.9 Å². The monoisotopic (exact) mass is 281 g/mol. The second-order valence-corrected chi connectivity index (χ2v) is 6.03. The van der Waals surface area contributed by atoms with Gasteiger partial charge in [-0.1, -0.05) is 6.92 Å². The molecular weight excluding hydrogens is 262 g/mol. The highest BCUT2D eigenvalue weighted by Gasteiger charge is 2.31. The van der Waals surface area contributed by atoms with Crippen molar-refractivity contribution in [3.8, 4) is 0 Å². The molecule has 4 N–H and O–H groups in total. The number of carbonyl (C=O) groups excluding carboxylic acids is 2. The Labute approximate surface area is 116 Å². The first kappa shape index (κ1) is 14.0. The number of hydrogen-bond acceptors (Lipinski definition) is 4. The van der Waals surface area contributed by atoms with Crippen molar-refractivity contribution in [2.45, 2.75) is 25.8 Å². The Hall–Kier alpha value is -1.40. The zero-order valence-corrected chi connectivity index (χ0v) is 11.8. The van der Waals surface area contributed by atoms with Gasteiger partial charge in [0.1, 0.15) is 0 Å². The van der Waals surface area contributed by atoms with Crippen LogP contribution in [-0.4, -0.2) is 35.8 Å². The van der Waals surface area contributed by atoms with E-state index in [9.17, 15) is 9.59 Å². The van der Waals surface area contributed by atoms with Crippen molar-refractivity contribution in [2.75, 3.05) is 13.1 Å². The molecule has 0 bridgehead atoms. The molecule has 2 heterocycles. The number of carbonyl (C=O) groups is 2. The second-order valence-electron chi connectivity index (χ2n) is 4.95. The molecular formula is C13H19N3O2S. The number of likely N-dealkylation sites (tertiary alicyclic amines) is 1. The van der Waals surface area contributed by atoms with Gasteiger partial charge in [0.05, 0.1) is 9.75 Å². The normalized spacial score (nSPS) is 23.4. The number of piperidine rings is 1. The van der Waals surface area contributed by atoms with Gasteiger partial charge in [-0.15, -0.1) is 11.3 Å². The van der Waals surface area contributed by atoms with Crippen molar-refractivity contribution in [2.24, 2.45) is 17.4 Å². The lowest BCUT2D eigenvalue weighted by molar-refractivity contribution is 0.0537. The first-order valence-corrected chi connectivity index (χ1v) is 7.27. The average molecular weight is 281 g/mol. The molecule has 2 atom stereocenters. The Morgan fingerprint density at radius 2 is 2.11 bits per heavy atom.